The van der Waals surface area contributed by atoms with E-state index in [4.69, 9.17) is 9.97 Å². The Morgan fingerprint density at radius 3 is 1.84 bits per heavy atom. The first kappa shape index (κ1) is 28.7. The van der Waals surface area contributed by atoms with E-state index < -0.39 is 0 Å². The van der Waals surface area contributed by atoms with Crippen molar-refractivity contribution in [1.82, 2.24) is 14.5 Å². The van der Waals surface area contributed by atoms with Crippen LogP contribution in [0.3, 0.4) is 0 Å². The van der Waals surface area contributed by atoms with Gasteiger partial charge in [-0.2, -0.15) is 0 Å². The van der Waals surface area contributed by atoms with Gasteiger partial charge >= 0.3 is 0 Å². The number of rotatable bonds is 4. The summed E-state index contributed by atoms with van der Waals surface area (Å²) in [6.45, 7) is 0. The van der Waals surface area contributed by atoms with E-state index in [-0.39, 0.29) is 5.41 Å². The van der Waals surface area contributed by atoms with Crippen LogP contribution in [0.4, 0.5) is 0 Å². The number of aromatic nitrogens is 3. The smallest absolute Gasteiger partial charge is 0.235 e. The van der Waals surface area contributed by atoms with Gasteiger partial charge in [-0.05, 0) is 70.5 Å². The van der Waals surface area contributed by atoms with Crippen LogP contribution in [0.2, 0.25) is 0 Å². The summed E-state index contributed by atoms with van der Waals surface area (Å²) in [5, 5.41) is 2.38. The Morgan fingerprint density at radius 2 is 1.12 bits per heavy atom. The molecule has 3 nitrogen and oxygen atoms in total. The van der Waals surface area contributed by atoms with E-state index in [0.717, 1.165) is 46.4 Å². The first-order chi connectivity index (χ1) is 24.7. The fourth-order valence-corrected chi connectivity index (χ4v) is 8.15. The fourth-order valence-electron chi connectivity index (χ4n) is 8.15. The first-order valence-corrected chi connectivity index (χ1v) is 17.4. The molecule has 0 amide bonds. The van der Waals surface area contributed by atoms with Gasteiger partial charge in [-0.1, -0.05) is 152 Å². The van der Waals surface area contributed by atoms with Crippen molar-refractivity contribution in [3.63, 3.8) is 0 Å². The fraction of sp³-hybridized carbons (Fsp3) is 0.0638. The number of para-hydroxylation sites is 2. The zero-order valence-corrected chi connectivity index (χ0v) is 27.5. The van der Waals surface area contributed by atoms with Crippen LogP contribution in [0.25, 0.3) is 72.5 Å². The average Bonchev–Trinajstić information content (AvgIpc) is 3.53. The monoisotopic (exact) mass is 639 g/mol. The summed E-state index contributed by atoms with van der Waals surface area (Å²) >= 11 is 0. The molecule has 1 unspecified atom stereocenters. The highest BCUT2D eigenvalue weighted by Crippen LogP contribution is 2.48. The average molecular weight is 640 g/mol. The third kappa shape index (κ3) is 4.58. The zero-order chi connectivity index (χ0) is 33.1. The molecule has 6 aromatic carbocycles. The molecule has 236 valence electrons. The van der Waals surface area contributed by atoms with Gasteiger partial charge in [0.15, 0.2) is 0 Å². The minimum Gasteiger partial charge on any atom is -0.278 e. The molecule has 0 saturated carbocycles. The summed E-state index contributed by atoms with van der Waals surface area (Å²) in [4.78, 5) is 10.4. The maximum Gasteiger partial charge on any atom is 0.235 e. The van der Waals surface area contributed by atoms with Crippen LogP contribution in [-0.2, 0) is 11.8 Å². The van der Waals surface area contributed by atoms with Crippen molar-refractivity contribution >= 4 is 21.8 Å². The van der Waals surface area contributed by atoms with Crippen LogP contribution >= 0.6 is 0 Å². The lowest BCUT2D eigenvalue weighted by atomic mass is 9.65. The summed E-state index contributed by atoms with van der Waals surface area (Å²) in [6.07, 6.45) is 11.2. The predicted octanol–water partition coefficient (Wildman–Crippen LogP) is 11.6. The second kappa shape index (κ2) is 11.4. The van der Waals surface area contributed by atoms with Crippen molar-refractivity contribution < 1.29 is 0 Å². The Balaban J connectivity index is 1.07. The van der Waals surface area contributed by atoms with E-state index >= 15 is 0 Å². The SMILES string of the molecule is C1=CCC2(C=C1)Cc1ccc(-c3ccc(-c4cc(-c5ccccc5)nc(-n5c6ccccc6c6ccccc65)n4)cc3)cc1-c1ccccc12. The molecule has 0 bridgehead atoms. The first-order valence-electron chi connectivity index (χ1n) is 17.4. The molecular weight excluding hydrogens is 607 g/mol. The Morgan fingerprint density at radius 1 is 0.500 bits per heavy atom. The summed E-state index contributed by atoms with van der Waals surface area (Å²) in [5.41, 5.74) is 14.1. The standard InChI is InChI=1S/C47H33N3/c1-3-13-33(14-4-1)42-30-43(49-46(48-42)50-44-19-9-6-16-38(44)39-17-7-10-20-45(39)50)34-23-21-32(22-24-34)35-25-26-36-31-47(27-11-2-12-28-47)41-18-8-5-15-37(41)40(36)29-35/h1-27,29-30H,28,31H2. The molecule has 2 aliphatic carbocycles. The van der Waals surface area contributed by atoms with Crippen molar-refractivity contribution in [2.24, 2.45) is 0 Å². The molecule has 1 atom stereocenters. The van der Waals surface area contributed by atoms with Crippen LogP contribution in [0.5, 0.6) is 0 Å². The molecule has 0 saturated heterocycles. The Hall–Kier alpha value is -6.32. The van der Waals surface area contributed by atoms with Crippen molar-refractivity contribution in [3.8, 4) is 50.7 Å². The second-order valence-corrected chi connectivity index (χ2v) is 13.5. The molecule has 2 aliphatic rings. The van der Waals surface area contributed by atoms with E-state index in [2.05, 4.69) is 174 Å². The van der Waals surface area contributed by atoms with E-state index in [1.807, 2.05) is 6.07 Å². The highest BCUT2D eigenvalue weighted by Gasteiger charge is 2.36. The summed E-state index contributed by atoms with van der Waals surface area (Å²) in [5.74, 6) is 0.664. The molecule has 0 N–H and O–H groups in total. The molecule has 50 heavy (non-hydrogen) atoms. The third-order valence-corrected chi connectivity index (χ3v) is 10.6. The van der Waals surface area contributed by atoms with Crippen LogP contribution in [0.1, 0.15) is 17.5 Å². The number of hydrogen-bond acceptors (Lipinski definition) is 2. The Labute approximate surface area is 291 Å². The number of benzene rings is 6. The van der Waals surface area contributed by atoms with E-state index in [1.165, 1.54) is 44.2 Å². The molecule has 10 rings (SSSR count). The molecule has 8 aromatic rings. The minimum atomic E-state index is 0.0374. The highest BCUT2D eigenvalue weighted by molar-refractivity contribution is 6.09. The molecular formula is C47H33N3. The quantitative estimate of drug-likeness (QED) is 0.192. The van der Waals surface area contributed by atoms with Crippen molar-refractivity contribution in [1.29, 1.82) is 0 Å². The number of nitrogens with zero attached hydrogens (tertiary/aromatic N) is 3. The van der Waals surface area contributed by atoms with E-state index in [9.17, 15) is 0 Å². The van der Waals surface area contributed by atoms with Crippen LogP contribution in [0, 0.1) is 0 Å². The molecule has 0 fully saturated rings. The molecule has 3 heteroatoms. The molecule has 2 heterocycles. The number of allylic oxidation sites excluding steroid dienone is 4. The Bertz CT molecular complexity index is 2590. The third-order valence-electron chi connectivity index (χ3n) is 10.6. The summed E-state index contributed by atoms with van der Waals surface area (Å²) in [6, 6.07) is 54.4. The lowest BCUT2D eigenvalue weighted by molar-refractivity contribution is 0.529. The minimum absolute atomic E-state index is 0.0374. The Kier molecular flexibility index (Phi) is 6.53. The lowest BCUT2D eigenvalue weighted by Gasteiger charge is -2.38. The van der Waals surface area contributed by atoms with Gasteiger partial charge in [0.25, 0.3) is 0 Å². The maximum absolute atomic E-state index is 5.24. The normalized spacial score (nSPS) is 16.2. The lowest BCUT2D eigenvalue weighted by Crippen LogP contribution is -2.31. The van der Waals surface area contributed by atoms with Gasteiger partial charge in [0, 0.05) is 27.3 Å². The number of fused-ring (bicyclic) bond motifs is 7. The summed E-state index contributed by atoms with van der Waals surface area (Å²) in [7, 11) is 0. The predicted molar refractivity (Wildman–Crippen MR) is 206 cm³/mol. The van der Waals surface area contributed by atoms with Gasteiger partial charge in [0.1, 0.15) is 0 Å². The maximum atomic E-state index is 5.24. The van der Waals surface area contributed by atoms with Crippen LogP contribution in [-0.4, -0.2) is 14.5 Å². The molecule has 1 spiro atoms. The van der Waals surface area contributed by atoms with Gasteiger partial charge < -0.3 is 0 Å². The van der Waals surface area contributed by atoms with Gasteiger partial charge in [0.2, 0.25) is 5.95 Å². The molecule has 2 aromatic heterocycles. The van der Waals surface area contributed by atoms with Gasteiger partial charge in [-0.3, -0.25) is 4.57 Å². The van der Waals surface area contributed by atoms with Crippen LogP contribution in [0.15, 0.2) is 176 Å². The van der Waals surface area contributed by atoms with E-state index in [0.29, 0.717) is 5.95 Å². The van der Waals surface area contributed by atoms with Crippen molar-refractivity contribution in [2.75, 3.05) is 0 Å². The van der Waals surface area contributed by atoms with Crippen LogP contribution < -0.4 is 0 Å². The summed E-state index contributed by atoms with van der Waals surface area (Å²) < 4.78 is 2.20. The topological polar surface area (TPSA) is 30.7 Å². The molecule has 0 radical (unpaired) electrons. The zero-order valence-electron chi connectivity index (χ0n) is 27.5. The second-order valence-electron chi connectivity index (χ2n) is 13.5. The van der Waals surface area contributed by atoms with Gasteiger partial charge in [-0.25, -0.2) is 9.97 Å². The highest BCUT2D eigenvalue weighted by atomic mass is 15.2. The molecule has 0 aliphatic heterocycles. The van der Waals surface area contributed by atoms with E-state index in [1.54, 1.807) is 0 Å². The van der Waals surface area contributed by atoms with Crippen molar-refractivity contribution in [2.45, 2.75) is 18.3 Å². The number of hydrogen-bond donors (Lipinski definition) is 0. The van der Waals surface area contributed by atoms with Gasteiger partial charge in [0.05, 0.1) is 22.4 Å². The van der Waals surface area contributed by atoms with Gasteiger partial charge in [-0.15, -0.1) is 0 Å². The largest absolute Gasteiger partial charge is 0.278 e. The van der Waals surface area contributed by atoms with Crippen molar-refractivity contribution in [3.05, 3.63) is 187 Å².